The van der Waals surface area contributed by atoms with Crippen LogP contribution >= 0.6 is 15.9 Å². The van der Waals surface area contributed by atoms with E-state index in [1.165, 1.54) is 0 Å². The van der Waals surface area contributed by atoms with E-state index >= 15 is 0 Å². The molecule has 2 atom stereocenters. The van der Waals surface area contributed by atoms with Crippen molar-refractivity contribution in [2.75, 3.05) is 6.54 Å². The van der Waals surface area contributed by atoms with Gasteiger partial charge in [0.15, 0.2) is 0 Å². The summed E-state index contributed by atoms with van der Waals surface area (Å²) in [6.07, 6.45) is 2.00. The minimum Gasteiger partial charge on any atom is -0.326 e. The van der Waals surface area contributed by atoms with Gasteiger partial charge in [-0.1, -0.05) is 22.9 Å². The minimum atomic E-state index is -3.48. The Bertz CT molecular complexity index is 631. The fourth-order valence-corrected chi connectivity index (χ4v) is 5.52. The van der Waals surface area contributed by atoms with Gasteiger partial charge in [0.1, 0.15) is 0 Å². The summed E-state index contributed by atoms with van der Waals surface area (Å²) in [7, 11) is -3.48. The number of hydrogen-bond donors (Lipinski definition) is 1. The molecule has 0 radical (unpaired) electrons. The van der Waals surface area contributed by atoms with E-state index in [1.54, 1.807) is 10.4 Å². The van der Waals surface area contributed by atoms with Crippen LogP contribution in [0.2, 0.25) is 0 Å². The third-order valence-corrected chi connectivity index (χ3v) is 7.17. The van der Waals surface area contributed by atoms with E-state index in [0.29, 0.717) is 23.9 Å². The highest BCUT2D eigenvalue weighted by molar-refractivity contribution is 9.10. The predicted octanol–water partition coefficient (Wildman–Crippen LogP) is 3.03. The molecular weight excluding hydrogens is 352 g/mol. The third kappa shape index (κ3) is 3.33. The van der Waals surface area contributed by atoms with Crippen molar-refractivity contribution < 1.29 is 8.42 Å². The van der Waals surface area contributed by atoms with Gasteiger partial charge >= 0.3 is 0 Å². The molecule has 1 aromatic rings. The molecule has 21 heavy (non-hydrogen) atoms. The van der Waals surface area contributed by atoms with Crippen molar-refractivity contribution in [3.8, 4) is 0 Å². The fourth-order valence-electron chi connectivity index (χ4n) is 2.80. The molecule has 1 saturated heterocycles. The summed E-state index contributed by atoms with van der Waals surface area (Å²) in [4.78, 5) is 0.373. The Morgan fingerprint density at radius 1 is 1.33 bits per heavy atom. The van der Waals surface area contributed by atoms with Crippen LogP contribution < -0.4 is 5.73 Å². The lowest BCUT2D eigenvalue weighted by molar-refractivity contribution is 0.218. The van der Waals surface area contributed by atoms with Crippen LogP contribution in [0.15, 0.2) is 21.5 Å². The zero-order valence-electron chi connectivity index (χ0n) is 12.8. The molecule has 0 aromatic heterocycles. The van der Waals surface area contributed by atoms with Gasteiger partial charge in [-0.15, -0.1) is 0 Å². The van der Waals surface area contributed by atoms with Gasteiger partial charge in [0.05, 0.1) is 4.90 Å². The summed E-state index contributed by atoms with van der Waals surface area (Å²) in [6.45, 7) is 6.84. The number of halogens is 1. The number of hydrogen-bond acceptors (Lipinski definition) is 3. The van der Waals surface area contributed by atoms with Crippen molar-refractivity contribution in [1.29, 1.82) is 0 Å². The highest BCUT2D eigenvalue weighted by Gasteiger charge is 2.34. The monoisotopic (exact) mass is 374 g/mol. The lowest BCUT2D eigenvalue weighted by atomic mass is 9.97. The summed E-state index contributed by atoms with van der Waals surface area (Å²) in [5, 5.41) is 0. The first-order valence-electron chi connectivity index (χ1n) is 7.28. The van der Waals surface area contributed by atoms with Crippen LogP contribution in [0.25, 0.3) is 0 Å². The van der Waals surface area contributed by atoms with E-state index in [-0.39, 0.29) is 6.04 Å². The molecule has 2 unspecified atom stereocenters. The van der Waals surface area contributed by atoms with Gasteiger partial charge in [-0.25, -0.2) is 8.42 Å². The van der Waals surface area contributed by atoms with E-state index in [9.17, 15) is 8.42 Å². The third-order valence-electron chi connectivity index (χ3n) is 4.24. The lowest BCUT2D eigenvalue weighted by Gasteiger charge is -2.36. The van der Waals surface area contributed by atoms with E-state index in [0.717, 1.165) is 28.4 Å². The van der Waals surface area contributed by atoms with Crippen LogP contribution in [0.5, 0.6) is 0 Å². The number of nitrogens with two attached hydrogens (primary N) is 1. The SMILES string of the molecule is Cc1c(Br)cc(CN)cc1S(=O)(=O)N1CC(C)CCC1C. The standard InChI is InChI=1S/C15H23BrN2O2S/c1-10-4-5-11(2)18(9-10)21(19,20)15-7-13(8-17)6-14(16)12(15)3/h6-7,10-11H,4-5,8-9,17H2,1-3H3. The molecule has 0 saturated carbocycles. The number of rotatable bonds is 3. The molecule has 0 aliphatic carbocycles. The molecule has 2 rings (SSSR count). The molecule has 1 aromatic carbocycles. The molecule has 0 amide bonds. The van der Waals surface area contributed by atoms with Crippen molar-refractivity contribution in [2.24, 2.45) is 11.7 Å². The normalized spacial score (nSPS) is 24.2. The predicted molar refractivity (Wildman–Crippen MR) is 88.5 cm³/mol. The zero-order chi connectivity index (χ0) is 15.8. The highest BCUT2D eigenvalue weighted by atomic mass is 79.9. The van der Waals surface area contributed by atoms with Crippen LogP contribution in [-0.4, -0.2) is 25.3 Å². The average Bonchev–Trinajstić information content (AvgIpc) is 2.43. The molecule has 0 spiro atoms. The number of sulfonamides is 1. The molecule has 2 N–H and O–H groups in total. The molecule has 0 bridgehead atoms. The first-order chi connectivity index (χ1) is 9.77. The second kappa shape index (κ2) is 6.36. The summed E-state index contributed by atoms with van der Waals surface area (Å²) in [6, 6.07) is 3.64. The van der Waals surface area contributed by atoms with Crippen molar-refractivity contribution >= 4 is 26.0 Å². The van der Waals surface area contributed by atoms with Gasteiger partial charge in [-0.2, -0.15) is 4.31 Å². The fraction of sp³-hybridized carbons (Fsp3) is 0.600. The maximum absolute atomic E-state index is 13.0. The quantitative estimate of drug-likeness (QED) is 0.883. The van der Waals surface area contributed by atoms with Crippen LogP contribution in [-0.2, 0) is 16.6 Å². The smallest absolute Gasteiger partial charge is 0.243 e. The number of benzene rings is 1. The summed E-state index contributed by atoms with van der Waals surface area (Å²) in [5.74, 6) is 0.400. The van der Waals surface area contributed by atoms with E-state index in [1.807, 2.05) is 19.9 Å². The second-order valence-electron chi connectivity index (χ2n) is 6.01. The Balaban J connectivity index is 2.51. The van der Waals surface area contributed by atoms with Crippen LogP contribution in [0, 0.1) is 12.8 Å². The molecule has 1 aliphatic heterocycles. The molecule has 4 nitrogen and oxygen atoms in total. The molecule has 1 aliphatic rings. The molecule has 6 heteroatoms. The van der Waals surface area contributed by atoms with Gasteiger partial charge < -0.3 is 5.73 Å². The average molecular weight is 375 g/mol. The van der Waals surface area contributed by atoms with Crippen LogP contribution in [0.4, 0.5) is 0 Å². The van der Waals surface area contributed by atoms with Crippen molar-refractivity contribution in [2.45, 2.75) is 51.1 Å². The van der Waals surface area contributed by atoms with Gasteiger partial charge in [0.2, 0.25) is 10.0 Å². The lowest BCUT2D eigenvalue weighted by Crippen LogP contribution is -2.45. The van der Waals surface area contributed by atoms with Crippen molar-refractivity contribution in [3.63, 3.8) is 0 Å². The Morgan fingerprint density at radius 2 is 2.00 bits per heavy atom. The zero-order valence-corrected chi connectivity index (χ0v) is 15.2. The Labute approximate surface area is 135 Å². The van der Waals surface area contributed by atoms with E-state index in [2.05, 4.69) is 22.9 Å². The van der Waals surface area contributed by atoms with Crippen molar-refractivity contribution in [1.82, 2.24) is 4.31 Å². The molecule has 1 heterocycles. The van der Waals surface area contributed by atoms with Gasteiger partial charge in [-0.3, -0.25) is 0 Å². The topological polar surface area (TPSA) is 63.4 Å². The maximum Gasteiger partial charge on any atom is 0.243 e. The second-order valence-corrected chi connectivity index (χ2v) is 8.72. The maximum atomic E-state index is 13.0. The summed E-state index contributed by atoms with van der Waals surface area (Å²) < 4.78 is 28.5. The van der Waals surface area contributed by atoms with E-state index < -0.39 is 10.0 Å². The highest BCUT2D eigenvalue weighted by Crippen LogP contribution is 2.32. The van der Waals surface area contributed by atoms with E-state index in [4.69, 9.17) is 5.73 Å². The summed E-state index contributed by atoms with van der Waals surface area (Å²) >= 11 is 3.44. The molecule has 1 fully saturated rings. The first-order valence-corrected chi connectivity index (χ1v) is 9.51. The van der Waals surface area contributed by atoms with Crippen LogP contribution in [0.1, 0.15) is 37.8 Å². The number of nitrogens with zero attached hydrogens (tertiary/aromatic N) is 1. The van der Waals surface area contributed by atoms with Crippen LogP contribution in [0.3, 0.4) is 0 Å². The molecular formula is C15H23BrN2O2S. The minimum absolute atomic E-state index is 0.0471. The largest absolute Gasteiger partial charge is 0.326 e. The van der Waals surface area contributed by atoms with Gasteiger partial charge in [-0.05, 0) is 55.9 Å². The molecule has 118 valence electrons. The Hall–Kier alpha value is -0.430. The summed E-state index contributed by atoms with van der Waals surface area (Å²) in [5.41, 5.74) is 7.25. The van der Waals surface area contributed by atoms with Crippen molar-refractivity contribution in [3.05, 3.63) is 27.7 Å². The van der Waals surface area contributed by atoms with Gasteiger partial charge in [0.25, 0.3) is 0 Å². The number of piperidine rings is 1. The first kappa shape index (κ1) is 16.9. The Morgan fingerprint density at radius 3 is 2.62 bits per heavy atom. The van der Waals surface area contributed by atoms with Gasteiger partial charge in [0, 0.05) is 23.6 Å². The Kier molecular flexibility index (Phi) is 5.13.